The van der Waals surface area contributed by atoms with E-state index in [1.54, 1.807) is 0 Å². The van der Waals surface area contributed by atoms with Gasteiger partial charge in [0.1, 0.15) is 22.5 Å². The standard InChI is InChI=1S/C70H76BN3O3/c1-65(2,3)41-27-31-45(32-28-41)73-54-39-47(72-52-23-19-21-25-56(52)75-57-26-22-20-24-53(57)72)40-55-58(54)71(63-59(73)48-35-43(67(7,8)9)37-50(61(48)76-63)69(13,14)15)64-60(74(55)46-33-29-42(30-34-46)66(4,5)6)49-36-44(68(10,11)12)38-51(62(49)77-64)70(16,17)18/h19-40H,1-18H3. The Labute approximate surface area is 458 Å². The molecule has 2 aromatic heterocycles. The minimum atomic E-state index is -0.421. The van der Waals surface area contributed by atoms with Crippen molar-refractivity contribution >= 4 is 96.6 Å². The Balaban J connectivity index is 1.30. The molecule has 0 bridgehead atoms. The highest BCUT2D eigenvalue weighted by Gasteiger charge is 2.51. The molecule has 6 nitrogen and oxygen atoms in total. The van der Waals surface area contributed by atoms with Gasteiger partial charge in [-0.25, -0.2) is 0 Å². The van der Waals surface area contributed by atoms with E-state index in [9.17, 15) is 0 Å². The van der Waals surface area contributed by atoms with Gasteiger partial charge >= 0.3 is 6.71 Å². The zero-order chi connectivity index (χ0) is 54.8. The Morgan fingerprint density at radius 3 is 1.05 bits per heavy atom. The van der Waals surface area contributed by atoms with Crippen molar-refractivity contribution in [3.63, 3.8) is 0 Å². The topological polar surface area (TPSA) is 45.2 Å². The summed E-state index contributed by atoms with van der Waals surface area (Å²) >= 11 is 0. The molecule has 77 heavy (non-hydrogen) atoms. The number of ether oxygens (including phenoxy) is 1. The van der Waals surface area contributed by atoms with Crippen molar-refractivity contribution in [3.8, 4) is 11.5 Å². The normalized spacial score (nSPS) is 14.6. The predicted molar refractivity (Wildman–Crippen MR) is 327 cm³/mol. The largest absolute Gasteiger partial charge is 0.468 e. The lowest BCUT2D eigenvalue weighted by Crippen LogP contribution is -2.60. The lowest BCUT2D eigenvalue weighted by Gasteiger charge is -2.42. The number of benzene rings is 7. The van der Waals surface area contributed by atoms with E-state index in [0.717, 1.165) is 101 Å². The Hall–Kier alpha value is -7.12. The smallest absolute Gasteiger partial charge is 0.342 e. The van der Waals surface area contributed by atoms with E-state index in [-0.39, 0.29) is 32.5 Å². The summed E-state index contributed by atoms with van der Waals surface area (Å²) in [5.74, 6) is 1.61. The van der Waals surface area contributed by atoms with Gasteiger partial charge in [0.25, 0.3) is 0 Å². The number of hydrogen-bond donors (Lipinski definition) is 0. The van der Waals surface area contributed by atoms with Gasteiger partial charge in [0.15, 0.2) is 11.5 Å². The third-order valence-electron chi connectivity index (χ3n) is 16.5. The summed E-state index contributed by atoms with van der Waals surface area (Å²) in [7, 11) is 0. The second-order valence-corrected chi connectivity index (χ2v) is 28.4. The molecular weight excluding hydrogens is 942 g/mol. The van der Waals surface area contributed by atoms with Crippen LogP contribution in [0.15, 0.2) is 142 Å². The molecule has 0 unspecified atom stereocenters. The Bertz CT molecular complexity index is 3600. The molecule has 3 aliphatic rings. The summed E-state index contributed by atoms with van der Waals surface area (Å²) in [6, 6.07) is 49.9. The maximum absolute atomic E-state index is 7.81. The summed E-state index contributed by atoms with van der Waals surface area (Å²) in [4.78, 5) is 7.45. The van der Waals surface area contributed by atoms with Crippen LogP contribution in [0, 0.1) is 0 Å². The average molecular weight is 1020 g/mol. The molecular formula is C70H76BN3O3. The number of anilines is 9. The third kappa shape index (κ3) is 8.11. The minimum absolute atomic E-state index is 0.0437. The van der Waals surface area contributed by atoms with Gasteiger partial charge in [-0.05, 0) is 133 Å². The zero-order valence-corrected chi connectivity index (χ0v) is 48.8. The van der Waals surface area contributed by atoms with Gasteiger partial charge < -0.3 is 28.3 Å². The maximum atomic E-state index is 7.81. The molecule has 3 aliphatic heterocycles. The van der Waals surface area contributed by atoms with E-state index in [0.29, 0.717) is 0 Å². The molecule has 7 heteroatoms. The van der Waals surface area contributed by atoms with Crippen molar-refractivity contribution in [2.75, 3.05) is 14.7 Å². The van der Waals surface area contributed by atoms with Gasteiger partial charge in [0, 0.05) is 44.6 Å². The second kappa shape index (κ2) is 16.7. The van der Waals surface area contributed by atoms with E-state index < -0.39 is 6.71 Å². The first kappa shape index (κ1) is 50.7. The maximum Gasteiger partial charge on any atom is 0.342 e. The molecule has 0 saturated heterocycles. The molecule has 9 aromatic rings. The molecule has 0 spiro atoms. The highest BCUT2D eigenvalue weighted by molar-refractivity contribution is 6.99. The fourth-order valence-corrected chi connectivity index (χ4v) is 12.0. The Kier molecular flexibility index (Phi) is 11.0. The molecule has 0 aliphatic carbocycles. The van der Waals surface area contributed by atoms with Crippen LogP contribution in [0.4, 0.5) is 51.2 Å². The van der Waals surface area contributed by atoms with Crippen molar-refractivity contribution in [3.05, 3.63) is 167 Å². The van der Waals surface area contributed by atoms with Crippen LogP contribution in [-0.2, 0) is 32.5 Å². The van der Waals surface area contributed by atoms with Crippen molar-refractivity contribution in [2.45, 2.75) is 157 Å². The van der Waals surface area contributed by atoms with E-state index in [2.05, 4.69) is 273 Å². The molecule has 12 rings (SSSR count). The second-order valence-electron chi connectivity index (χ2n) is 28.4. The molecule has 0 N–H and O–H groups in total. The zero-order valence-electron chi connectivity index (χ0n) is 48.8. The Morgan fingerprint density at radius 2 is 0.701 bits per heavy atom. The Morgan fingerprint density at radius 1 is 0.338 bits per heavy atom. The first-order valence-corrected chi connectivity index (χ1v) is 27.9. The molecule has 0 fully saturated rings. The minimum Gasteiger partial charge on any atom is -0.468 e. The molecule has 0 amide bonds. The lowest BCUT2D eigenvalue weighted by atomic mass is 9.37. The van der Waals surface area contributed by atoms with Gasteiger partial charge in [0.2, 0.25) is 0 Å². The van der Waals surface area contributed by atoms with Crippen LogP contribution in [0.2, 0.25) is 0 Å². The quantitative estimate of drug-likeness (QED) is 0.164. The number of para-hydroxylation sites is 4. The van der Waals surface area contributed by atoms with Crippen molar-refractivity contribution < 1.29 is 13.6 Å². The van der Waals surface area contributed by atoms with Crippen molar-refractivity contribution in [1.82, 2.24) is 0 Å². The number of fused-ring (bicyclic) bond motifs is 10. The number of rotatable bonds is 3. The number of nitrogens with zero attached hydrogens (tertiary/aromatic N) is 3. The highest BCUT2D eigenvalue weighted by Crippen LogP contribution is 2.56. The SMILES string of the molecule is CC(C)(C)c1ccc(N2c3cc(N4c5ccccc5Oc5ccccc54)cc4c3B(c3oc5c(C(C)(C)C)cc(C(C)(C)C)cc5c32)c2oc3c(C(C)(C)C)cc(C(C)(C)C)cc3c2N4c2ccc(C(C)(C)C)cc2)cc1. The van der Waals surface area contributed by atoms with E-state index in [1.165, 1.54) is 33.4 Å². The fraction of sp³-hybridized carbons (Fsp3) is 0.343. The van der Waals surface area contributed by atoms with Gasteiger partial charge in [0.05, 0.1) is 28.4 Å². The van der Waals surface area contributed by atoms with Gasteiger partial charge in [-0.3, -0.25) is 0 Å². The average Bonchev–Trinajstić information content (AvgIpc) is 4.00. The van der Waals surface area contributed by atoms with Crippen LogP contribution in [0.3, 0.4) is 0 Å². The summed E-state index contributed by atoms with van der Waals surface area (Å²) < 4.78 is 22.3. The first-order valence-electron chi connectivity index (χ1n) is 27.9. The van der Waals surface area contributed by atoms with Gasteiger partial charge in [-0.1, -0.05) is 185 Å². The summed E-state index contributed by atoms with van der Waals surface area (Å²) in [5, 5.41) is 2.19. The third-order valence-corrected chi connectivity index (χ3v) is 16.5. The van der Waals surface area contributed by atoms with E-state index >= 15 is 0 Å². The molecule has 7 aromatic carbocycles. The summed E-state index contributed by atoms with van der Waals surface area (Å²) in [6.45, 7) is 41.2. The highest BCUT2D eigenvalue weighted by atomic mass is 16.5. The van der Waals surface area contributed by atoms with Crippen LogP contribution in [-0.4, -0.2) is 6.71 Å². The number of hydrogen-bond acceptors (Lipinski definition) is 6. The van der Waals surface area contributed by atoms with Gasteiger partial charge in [-0.2, -0.15) is 0 Å². The summed E-state index contributed by atoms with van der Waals surface area (Å²) in [5.41, 5.74) is 20.6. The van der Waals surface area contributed by atoms with Crippen LogP contribution < -0.4 is 36.2 Å². The fourth-order valence-electron chi connectivity index (χ4n) is 12.0. The lowest BCUT2D eigenvalue weighted by molar-refractivity contribution is 0.477. The van der Waals surface area contributed by atoms with Crippen LogP contribution in [0.1, 0.15) is 158 Å². The van der Waals surface area contributed by atoms with Crippen LogP contribution >= 0.6 is 0 Å². The number of furan rings is 2. The van der Waals surface area contributed by atoms with Crippen molar-refractivity contribution in [1.29, 1.82) is 0 Å². The molecule has 0 radical (unpaired) electrons. The molecule has 0 saturated carbocycles. The van der Waals surface area contributed by atoms with Crippen LogP contribution in [0.25, 0.3) is 21.9 Å². The van der Waals surface area contributed by atoms with Gasteiger partial charge in [-0.15, -0.1) is 0 Å². The van der Waals surface area contributed by atoms with E-state index in [1.807, 2.05) is 0 Å². The summed E-state index contributed by atoms with van der Waals surface area (Å²) in [6.07, 6.45) is 0. The first-order chi connectivity index (χ1) is 36.0. The molecule has 0 atom stereocenters. The molecule has 392 valence electrons. The van der Waals surface area contributed by atoms with Crippen molar-refractivity contribution in [2.24, 2.45) is 0 Å². The van der Waals surface area contributed by atoms with E-state index in [4.69, 9.17) is 13.6 Å². The van der Waals surface area contributed by atoms with Crippen LogP contribution in [0.5, 0.6) is 11.5 Å². The monoisotopic (exact) mass is 1020 g/mol. The molecule has 5 heterocycles. The predicted octanol–water partition coefficient (Wildman–Crippen LogP) is 18.6.